The number of hydrogen-bond acceptors (Lipinski definition) is 4. The number of carbonyl (C=O) groups excluding carboxylic acids is 1. The Morgan fingerprint density at radius 1 is 1.15 bits per heavy atom. The lowest BCUT2D eigenvalue weighted by Crippen LogP contribution is -2.07. The SMILES string of the molecule is CCCOc1ccccc1/C=C/C(=O)Nc1nc(-c2ccccc2)c(C)s1. The zero-order valence-electron chi connectivity index (χ0n) is 15.4. The van der Waals surface area contributed by atoms with Crippen LogP contribution in [0, 0.1) is 6.92 Å². The number of thiazole rings is 1. The fraction of sp³-hybridized carbons (Fsp3) is 0.182. The summed E-state index contributed by atoms with van der Waals surface area (Å²) in [5, 5.41) is 3.44. The number of anilines is 1. The van der Waals surface area contributed by atoms with E-state index >= 15 is 0 Å². The Labute approximate surface area is 163 Å². The van der Waals surface area contributed by atoms with Crippen molar-refractivity contribution in [2.24, 2.45) is 0 Å². The van der Waals surface area contributed by atoms with Gasteiger partial charge in [-0.05, 0) is 25.5 Å². The molecule has 2 aromatic carbocycles. The molecule has 0 fully saturated rings. The molecule has 27 heavy (non-hydrogen) atoms. The van der Waals surface area contributed by atoms with Gasteiger partial charge < -0.3 is 4.74 Å². The molecule has 0 aliphatic rings. The molecule has 0 aliphatic carbocycles. The zero-order valence-corrected chi connectivity index (χ0v) is 16.3. The molecule has 0 saturated carbocycles. The van der Waals surface area contributed by atoms with Gasteiger partial charge in [-0.15, -0.1) is 11.3 Å². The summed E-state index contributed by atoms with van der Waals surface area (Å²) in [6, 6.07) is 17.6. The number of benzene rings is 2. The Bertz CT molecular complexity index is 932. The number of ether oxygens (including phenoxy) is 1. The van der Waals surface area contributed by atoms with Crippen molar-refractivity contribution in [1.82, 2.24) is 4.98 Å². The standard InChI is InChI=1S/C22H22N2O2S/c1-3-15-26-19-12-8-7-9-17(19)13-14-20(25)23-22-24-21(16(2)27-22)18-10-5-4-6-11-18/h4-14H,3,15H2,1-2H3,(H,23,24,25)/b14-13+. The molecule has 5 heteroatoms. The summed E-state index contributed by atoms with van der Waals surface area (Å²) >= 11 is 1.47. The average Bonchev–Trinajstić information content (AvgIpc) is 3.06. The van der Waals surface area contributed by atoms with Gasteiger partial charge >= 0.3 is 0 Å². The molecule has 1 aromatic heterocycles. The molecule has 0 spiro atoms. The summed E-state index contributed by atoms with van der Waals surface area (Å²) < 4.78 is 5.71. The van der Waals surface area contributed by atoms with Gasteiger partial charge in [-0.3, -0.25) is 10.1 Å². The number of hydrogen-bond donors (Lipinski definition) is 1. The van der Waals surface area contributed by atoms with Gasteiger partial charge in [-0.25, -0.2) is 4.98 Å². The van der Waals surface area contributed by atoms with Gasteiger partial charge in [0.1, 0.15) is 5.75 Å². The quantitative estimate of drug-likeness (QED) is 0.548. The van der Waals surface area contributed by atoms with Gasteiger partial charge in [0.05, 0.1) is 12.3 Å². The van der Waals surface area contributed by atoms with Gasteiger partial charge in [0, 0.05) is 22.1 Å². The Morgan fingerprint density at radius 2 is 1.89 bits per heavy atom. The van der Waals surface area contributed by atoms with Gasteiger partial charge in [0.15, 0.2) is 5.13 Å². The van der Waals surface area contributed by atoms with Gasteiger partial charge in [0.2, 0.25) is 5.91 Å². The van der Waals surface area contributed by atoms with E-state index in [4.69, 9.17) is 4.74 Å². The summed E-state index contributed by atoms with van der Waals surface area (Å²) in [5.41, 5.74) is 2.82. The number of rotatable bonds is 7. The van der Waals surface area contributed by atoms with Crippen molar-refractivity contribution >= 4 is 28.5 Å². The van der Waals surface area contributed by atoms with Crippen LogP contribution in [0.3, 0.4) is 0 Å². The molecule has 0 bridgehead atoms. The van der Waals surface area contributed by atoms with Crippen molar-refractivity contribution in [3.63, 3.8) is 0 Å². The van der Waals surface area contributed by atoms with E-state index in [0.29, 0.717) is 11.7 Å². The molecule has 0 atom stereocenters. The minimum atomic E-state index is -0.214. The minimum absolute atomic E-state index is 0.214. The zero-order chi connectivity index (χ0) is 19.1. The molecule has 0 saturated heterocycles. The van der Waals surface area contributed by atoms with E-state index in [0.717, 1.165) is 33.9 Å². The summed E-state index contributed by atoms with van der Waals surface area (Å²) in [5.74, 6) is 0.563. The second kappa shape index (κ2) is 9.14. The van der Waals surface area contributed by atoms with E-state index in [9.17, 15) is 4.79 Å². The summed E-state index contributed by atoms with van der Waals surface area (Å²) in [4.78, 5) is 17.9. The van der Waals surface area contributed by atoms with E-state index in [1.165, 1.54) is 17.4 Å². The van der Waals surface area contributed by atoms with Crippen LogP contribution >= 0.6 is 11.3 Å². The number of amides is 1. The highest BCUT2D eigenvalue weighted by molar-refractivity contribution is 7.16. The number of carbonyl (C=O) groups is 1. The first-order chi connectivity index (χ1) is 13.2. The number of aromatic nitrogens is 1. The maximum atomic E-state index is 12.3. The second-order valence-corrected chi connectivity index (χ2v) is 7.20. The van der Waals surface area contributed by atoms with E-state index in [-0.39, 0.29) is 5.91 Å². The predicted octanol–water partition coefficient (Wildman–Crippen LogP) is 5.56. The highest BCUT2D eigenvalue weighted by atomic mass is 32.1. The van der Waals surface area contributed by atoms with Crippen LogP contribution in [0.15, 0.2) is 60.7 Å². The second-order valence-electron chi connectivity index (χ2n) is 6.00. The molecule has 0 unspecified atom stereocenters. The van der Waals surface area contributed by atoms with E-state index in [1.54, 1.807) is 6.08 Å². The smallest absolute Gasteiger partial charge is 0.250 e. The highest BCUT2D eigenvalue weighted by Crippen LogP contribution is 2.30. The number of nitrogens with one attached hydrogen (secondary N) is 1. The number of nitrogens with zero attached hydrogens (tertiary/aromatic N) is 1. The van der Waals surface area contributed by atoms with Crippen LogP contribution < -0.4 is 10.1 Å². The number of para-hydroxylation sites is 1. The molecule has 1 heterocycles. The Morgan fingerprint density at radius 3 is 2.67 bits per heavy atom. The lowest BCUT2D eigenvalue weighted by atomic mass is 10.1. The summed E-state index contributed by atoms with van der Waals surface area (Å²) in [6.45, 7) is 4.72. The van der Waals surface area contributed by atoms with Crippen molar-refractivity contribution in [2.75, 3.05) is 11.9 Å². The van der Waals surface area contributed by atoms with E-state index < -0.39 is 0 Å². The molecule has 3 rings (SSSR count). The Hall–Kier alpha value is -2.92. The fourth-order valence-corrected chi connectivity index (χ4v) is 3.43. The first-order valence-corrected chi connectivity index (χ1v) is 9.72. The van der Waals surface area contributed by atoms with Crippen LogP contribution in [-0.2, 0) is 4.79 Å². The highest BCUT2D eigenvalue weighted by Gasteiger charge is 2.11. The van der Waals surface area contributed by atoms with Gasteiger partial charge in [-0.1, -0.05) is 55.5 Å². The average molecular weight is 378 g/mol. The lowest BCUT2D eigenvalue weighted by Gasteiger charge is -2.07. The van der Waals surface area contributed by atoms with Crippen LogP contribution in [0.25, 0.3) is 17.3 Å². The van der Waals surface area contributed by atoms with Gasteiger partial charge in [-0.2, -0.15) is 0 Å². The first kappa shape index (κ1) is 18.9. The number of aryl methyl sites for hydroxylation is 1. The van der Waals surface area contributed by atoms with Crippen molar-refractivity contribution < 1.29 is 9.53 Å². The normalized spacial score (nSPS) is 10.9. The van der Waals surface area contributed by atoms with Crippen molar-refractivity contribution in [1.29, 1.82) is 0 Å². The summed E-state index contributed by atoms with van der Waals surface area (Å²) in [6.07, 6.45) is 4.21. The van der Waals surface area contributed by atoms with Crippen LogP contribution in [0.2, 0.25) is 0 Å². The maximum absolute atomic E-state index is 12.3. The monoisotopic (exact) mass is 378 g/mol. The van der Waals surface area contributed by atoms with E-state index in [1.807, 2.05) is 61.5 Å². The topological polar surface area (TPSA) is 51.2 Å². The summed E-state index contributed by atoms with van der Waals surface area (Å²) in [7, 11) is 0. The third kappa shape index (κ3) is 5.05. The van der Waals surface area contributed by atoms with Crippen LogP contribution in [-0.4, -0.2) is 17.5 Å². The predicted molar refractivity (Wildman–Crippen MR) is 112 cm³/mol. The third-order valence-electron chi connectivity index (χ3n) is 3.87. The Kier molecular flexibility index (Phi) is 6.39. The molecular formula is C22H22N2O2S. The van der Waals surface area contributed by atoms with Crippen molar-refractivity contribution in [2.45, 2.75) is 20.3 Å². The molecule has 0 radical (unpaired) electrons. The lowest BCUT2D eigenvalue weighted by molar-refractivity contribution is -0.111. The van der Waals surface area contributed by atoms with Gasteiger partial charge in [0.25, 0.3) is 0 Å². The molecule has 138 valence electrons. The largest absolute Gasteiger partial charge is 0.493 e. The third-order valence-corrected chi connectivity index (χ3v) is 4.76. The molecule has 1 N–H and O–H groups in total. The van der Waals surface area contributed by atoms with Crippen LogP contribution in [0.4, 0.5) is 5.13 Å². The fourth-order valence-electron chi connectivity index (χ4n) is 2.59. The van der Waals surface area contributed by atoms with Crippen molar-refractivity contribution in [3.8, 4) is 17.0 Å². The van der Waals surface area contributed by atoms with Crippen molar-refractivity contribution in [3.05, 3.63) is 71.1 Å². The maximum Gasteiger partial charge on any atom is 0.250 e. The molecule has 1 amide bonds. The Balaban J connectivity index is 1.69. The van der Waals surface area contributed by atoms with Crippen LogP contribution in [0.1, 0.15) is 23.8 Å². The molecule has 4 nitrogen and oxygen atoms in total. The molecule has 0 aliphatic heterocycles. The molecule has 3 aromatic rings. The minimum Gasteiger partial charge on any atom is -0.493 e. The molecular weight excluding hydrogens is 356 g/mol. The van der Waals surface area contributed by atoms with E-state index in [2.05, 4.69) is 17.2 Å². The first-order valence-electron chi connectivity index (χ1n) is 8.91. The van der Waals surface area contributed by atoms with Crippen LogP contribution in [0.5, 0.6) is 5.75 Å².